The molecule has 0 aromatic heterocycles. The first-order valence-corrected chi connectivity index (χ1v) is 8.79. The van der Waals surface area contributed by atoms with E-state index in [4.69, 9.17) is 5.11 Å². The van der Waals surface area contributed by atoms with Gasteiger partial charge in [0.2, 0.25) is 0 Å². The van der Waals surface area contributed by atoms with Crippen molar-refractivity contribution in [1.29, 1.82) is 0 Å². The molecule has 0 fully saturated rings. The Kier molecular flexibility index (Phi) is 14.1. The fourth-order valence-electron chi connectivity index (χ4n) is 0.400. The molecule has 0 rings (SSSR count). The maximum Gasteiger partial charge on any atom is 0.0402 e. The number of hydrogen-bond donors (Lipinski definition) is 1. The van der Waals surface area contributed by atoms with Crippen LogP contribution in [-0.4, -0.2) is 50.7 Å². The molecular formula is C8H22OP2. The quantitative estimate of drug-likeness (QED) is 0.687. The van der Waals surface area contributed by atoms with E-state index in [1.807, 2.05) is 0 Å². The molecule has 11 heavy (non-hydrogen) atoms. The zero-order chi connectivity index (χ0) is 9.28. The Balaban J connectivity index is 0. The molecule has 0 aromatic carbocycles. The standard InChI is InChI=1S/C6H16P2.C2H6O/c1-7(2)5-6-8(3)4;1-2-3/h5-6H2,1-4H3;3H,2H2,1H3. The van der Waals surface area contributed by atoms with E-state index in [0.29, 0.717) is 15.8 Å². The van der Waals surface area contributed by atoms with Crippen LogP contribution in [0, 0.1) is 0 Å². The number of rotatable bonds is 3. The first-order chi connectivity index (χ1) is 5.04. The van der Waals surface area contributed by atoms with Crippen molar-refractivity contribution >= 4 is 15.8 Å². The van der Waals surface area contributed by atoms with Crippen molar-refractivity contribution in [3.8, 4) is 0 Å². The lowest BCUT2D eigenvalue weighted by molar-refractivity contribution is 0.318. The van der Waals surface area contributed by atoms with Crippen molar-refractivity contribution in [2.45, 2.75) is 6.92 Å². The molecule has 0 atom stereocenters. The van der Waals surface area contributed by atoms with Gasteiger partial charge in [0.05, 0.1) is 0 Å². The van der Waals surface area contributed by atoms with Crippen molar-refractivity contribution in [2.75, 3.05) is 45.6 Å². The van der Waals surface area contributed by atoms with Crippen LogP contribution < -0.4 is 0 Å². The third-order valence-electron chi connectivity index (χ3n) is 0.994. The van der Waals surface area contributed by atoms with E-state index in [-0.39, 0.29) is 6.61 Å². The SMILES string of the molecule is CCO.CP(C)CCP(C)C. The molecule has 0 saturated heterocycles. The highest BCUT2D eigenvalue weighted by atomic mass is 31.1. The Morgan fingerprint density at radius 1 is 0.909 bits per heavy atom. The van der Waals surface area contributed by atoms with Crippen molar-refractivity contribution in [1.82, 2.24) is 0 Å². The Bertz CT molecular complexity index is 57.1. The lowest BCUT2D eigenvalue weighted by Gasteiger charge is -2.07. The van der Waals surface area contributed by atoms with Gasteiger partial charge in [-0.15, -0.1) is 15.8 Å². The first kappa shape index (κ1) is 14.3. The largest absolute Gasteiger partial charge is 0.397 e. The summed E-state index contributed by atoms with van der Waals surface area (Å²) in [5.74, 6) is 0. The van der Waals surface area contributed by atoms with Crippen LogP contribution in [0.2, 0.25) is 0 Å². The Hall–Kier alpha value is 0.820. The van der Waals surface area contributed by atoms with Gasteiger partial charge in [-0.1, -0.05) is 0 Å². The molecule has 0 aromatic rings. The number of hydrogen-bond acceptors (Lipinski definition) is 1. The predicted octanol–water partition coefficient (Wildman–Crippen LogP) is 2.47. The van der Waals surface area contributed by atoms with Crippen LogP contribution >= 0.6 is 15.8 Å². The van der Waals surface area contributed by atoms with Gasteiger partial charge in [0.1, 0.15) is 0 Å². The number of aliphatic hydroxyl groups is 1. The second-order valence-electron chi connectivity index (χ2n) is 2.92. The van der Waals surface area contributed by atoms with Crippen molar-refractivity contribution < 1.29 is 5.11 Å². The van der Waals surface area contributed by atoms with Gasteiger partial charge < -0.3 is 5.11 Å². The minimum absolute atomic E-state index is 0.250. The molecule has 3 heteroatoms. The minimum atomic E-state index is 0.250. The molecule has 0 aliphatic heterocycles. The third kappa shape index (κ3) is 24.8. The summed E-state index contributed by atoms with van der Waals surface area (Å²) in [7, 11) is 0.766. The topological polar surface area (TPSA) is 20.2 Å². The van der Waals surface area contributed by atoms with Crippen molar-refractivity contribution in [3.05, 3.63) is 0 Å². The summed E-state index contributed by atoms with van der Waals surface area (Å²) >= 11 is 0. The molecule has 1 N–H and O–H groups in total. The van der Waals surface area contributed by atoms with Crippen LogP contribution in [0.15, 0.2) is 0 Å². The molecule has 1 nitrogen and oxygen atoms in total. The molecule has 0 unspecified atom stereocenters. The molecule has 0 heterocycles. The minimum Gasteiger partial charge on any atom is -0.397 e. The molecule has 0 radical (unpaired) electrons. The van der Waals surface area contributed by atoms with Crippen molar-refractivity contribution in [2.24, 2.45) is 0 Å². The molecule has 0 aliphatic carbocycles. The van der Waals surface area contributed by atoms with Crippen LogP contribution in [0.1, 0.15) is 6.92 Å². The zero-order valence-electron chi connectivity index (χ0n) is 8.46. The average molecular weight is 196 g/mol. The van der Waals surface area contributed by atoms with Gasteiger partial charge in [-0.05, 0) is 45.9 Å². The van der Waals surface area contributed by atoms with Crippen LogP contribution in [0.25, 0.3) is 0 Å². The second kappa shape index (κ2) is 10.8. The second-order valence-corrected chi connectivity index (χ2v) is 8.14. The maximum absolute atomic E-state index is 7.57. The van der Waals surface area contributed by atoms with Gasteiger partial charge in [-0.25, -0.2) is 0 Å². The molecule has 0 spiro atoms. The summed E-state index contributed by atoms with van der Waals surface area (Å²) in [6.07, 6.45) is 2.96. The highest BCUT2D eigenvalue weighted by molar-refractivity contribution is 7.60. The van der Waals surface area contributed by atoms with E-state index < -0.39 is 0 Å². The normalized spacial score (nSPS) is 9.82. The van der Waals surface area contributed by atoms with Crippen LogP contribution in [0.3, 0.4) is 0 Å². The third-order valence-corrected chi connectivity index (χ3v) is 3.58. The van der Waals surface area contributed by atoms with E-state index >= 15 is 0 Å². The van der Waals surface area contributed by atoms with E-state index in [1.165, 1.54) is 12.3 Å². The summed E-state index contributed by atoms with van der Waals surface area (Å²) in [6, 6.07) is 0. The van der Waals surface area contributed by atoms with E-state index in [9.17, 15) is 0 Å². The molecular weight excluding hydrogens is 174 g/mol. The Labute approximate surface area is 74.1 Å². The highest BCUT2D eigenvalue weighted by Gasteiger charge is 1.94. The summed E-state index contributed by atoms with van der Waals surface area (Å²) in [6.45, 7) is 11.4. The smallest absolute Gasteiger partial charge is 0.0402 e. The van der Waals surface area contributed by atoms with Crippen LogP contribution in [0.4, 0.5) is 0 Å². The molecule has 0 aliphatic rings. The lowest BCUT2D eigenvalue weighted by atomic mass is 10.9. The van der Waals surface area contributed by atoms with Gasteiger partial charge in [-0.3, -0.25) is 0 Å². The predicted molar refractivity (Wildman–Crippen MR) is 60.0 cm³/mol. The van der Waals surface area contributed by atoms with Gasteiger partial charge in [-0.2, -0.15) is 0 Å². The van der Waals surface area contributed by atoms with Gasteiger partial charge in [0.15, 0.2) is 0 Å². The van der Waals surface area contributed by atoms with Gasteiger partial charge >= 0.3 is 0 Å². The first-order valence-electron chi connectivity index (χ1n) is 3.94. The van der Waals surface area contributed by atoms with Crippen LogP contribution in [-0.2, 0) is 0 Å². The number of aliphatic hydroxyl groups excluding tert-OH is 1. The summed E-state index contributed by atoms with van der Waals surface area (Å²) < 4.78 is 0. The monoisotopic (exact) mass is 196 g/mol. The van der Waals surface area contributed by atoms with Gasteiger partial charge in [0.25, 0.3) is 0 Å². The fraction of sp³-hybridized carbons (Fsp3) is 1.00. The Morgan fingerprint density at radius 3 is 1.18 bits per heavy atom. The Morgan fingerprint density at radius 2 is 1.09 bits per heavy atom. The lowest BCUT2D eigenvalue weighted by Crippen LogP contribution is -1.86. The van der Waals surface area contributed by atoms with Gasteiger partial charge in [0, 0.05) is 6.61 Å². The van der Waals surface area contributed by atoms with Crippen molar-refractivity contribution in [3.63, 3.8) is 0 Å². The summed E-state index contributed by atoms with van der Waals surface area (Å²) in [5.41, 5.74) is 0. The van der Waals surface area contributed by atoms with E-state index in [1.54, 1.807) is 6.92 Å². The fourth-order valence-corrected chi connectivity index (χ4v) is 3.60. The molecule has 0 saturated carbocycles. The molecule has 0 bridgehead atoms. The highest BCUT2D eigenvalue weighted by Crippen LogP contribution is 2.32. The summed E-state index contributed by atoms with van der Waals surface area (Å²) in [4.78, 5) is 0. The van der Waals surface area contributed by atoms with Crippen LogP contribution in [0.5, 0.6) is 0 Å². The summed E-state index contributed by atoms with van der Waals surface area (Å²) in [5, 5.41) is 7.57. The molecule has 0 amide bonds. The van der Waals surface area contributed by atoms with E-state index in [2.05, 4.69) is 26.7 Å². The van der Waals surface area contributed by atoms with E-state index in [0.717, 1.165) is 0 Å². The zero-order valence-corrected chi connectivity index (χ0v) is 10.3. The molecule has 70 valence electrons. The average Bonchev–Trinajstić information content (AvgIpc) is 1.85. The maximum atomic E-state index is 7.57.